The molecule has 1 aliphatic carbocycles. The van der Waals surface area contributed by atoms with Gasteiger partial charge in [-0.05, 0) is 25.0 Å². The summed E-state index contributed by atoms with van der Waals surface area (Å²) in [4.78, 5) is -0.457. The number of halogens is 1. The molecule has 0 radical (unpaired) electrons. The van der Waals surface area contributed by atoms with Gasteiger partial charge in [0.1, 0.15) is 10.7 Å². The van der Waals surface area contributed by atoms with Crippen molar-refractivity contribution in [3.63, 3.8) is 0 Å². The summed E-state index contributed by atoms with van der Waals surface area (Å²) in [6.07, 6.45) is 1.92. The standard InChI is InChI=1S/C11H10FN3O3S/c12-8-3-1-2-4-9(8)19(16,17)15-11-14-13-10(18-11)7-5-6-7/h1-4,7H,5-6H2,(H,14,15). The molecule has 6 nitrogen and oxygen atoms in total. The Bertz CT molecular complexity index is 709. The molecule has 1 aliphatic rings. The first kappa shape index (κ1) is 12.1. The molecular weight excluding hydrogens is 273 g/mol. The highest BCUT2D eigenvalue weighted by Crippen LogP contribution is 2.39. The van der Waals surface area contributed by atoms with Crippen molar-refractivity contribution in [2.24, 2.45) is 0 Å². The molecule has 0 atom stereocenters. The molecule has 0 unspecified atom stereocenters. The van der Waals surface area contributed by atoms with Gasteiger partial charge in [0.25, 0.3) is 10.0 Å². The summed E-state index contributed by atoms with van der Waals surface area (Å²) in [5, 5.41) is 7.33. The van der Waals surface area contributed by atoms with Gasteiger partial charge in [0.15, 0.2) is 0 Å². The first-order chi connectivity index (χ1) is 9.06. The molecular formula is C11H10FN3O3S. The summed E-state index contributed by atoms with van der Waals surface area (Å²) < 4.78 is 44.6. The monoisotopic (exact) mass is 283 g/mol. The third-order valence-corrected chi connectivity index (χ3v) is 4.07. The fourth-order valence-electron chi connectivity index (χ4n) is 1.60. The molecule has 1 aromatic heterocycles. The lowest BCUT2D eigenvalue weighted by Gasteiger charge is -2.04. The van der Waals surface area contributed by atoms with Crippen molar-refractivity contribution in [1.82, 2.24) is 10.2 Å². The van der Waals surface area contributed by atoms with E-state index >= 15 is 0 Å². The van der Waals surface area contributed by atoms with E-state index in [2.05, 4.69) is 14.9 Å². The first-order valence-electron chi connectivity index (χ1n) is 5.67. The van der Waals surface area contributed by atoms with Crippen LogP contribution in [0.3, 0.4) is 0 Å². The van der Waals surface area contributed by atoms with Gasteiger partial charge in [0.05, 0.1) is 0 Å². The van der Waals surface area contributed by atoms with Crippen LogP contribution in [-0.4, -0.2) is 18.6 Å². The van der Waals surface area contributed by atoms with Crippen molar-refractivity contribution >= 4 is 16.0 Å². The van der Waals surface area contributed by atoms with E-state index < -0.39 is 20.7 Å². The zero-order valence-electron chi connectivity index (χ0n) is 9.71. The first-order valence-corrected chi connectivity index (χ1v) is 7.15. The Morgan fingerprint density at radius 1 is 1.26 bits per heavy atom. The maximum Gasteiger partial charge on any atom is 0.329 e. The molecule has 0 spiro atoms. The van der Waals surface area contributed by atoms with Crippen molar-refractivity contribution in [3.8, 4) is 0 Å². The number of aromatic nitrogens is 2. The van der Waals surface area contributed by atoms with Crippen LogP contribution in [-0.2, 0) is 10.0 Å². The molecule has 1 saturated carbocycles. The number of anilines is 1. The molecule has 3 rings (SSSR count). The van der Waals surface area contributed by atoms with Gasteiger partial charge < -0.3 is 4.42 Å². The molecule has 0 bridgehead atoms. The summed E-state index contributed by atoms with van der Waals surface area (Å²) in [7, 11) is -4.06. The van der Waals surface area contributed by atoms with E-state index in [9.17, 15) is 12.8 Å². The number of rotatable bonds is 4. The number of hydrogen-bond donors (Lipinski definition) is 1. The van der Waals surface area contributed by atoms with Gasteiger partial charge in [0, 0.05) is 5.92 Å². The van der Waals surface area contributed by atoms with E-state index in [-0.39, 0.29) is 11.9 Å². The van der Waals surface area contributed by atoms with E-state index in [1.165, 1.54) is 12.1 Å². The van der Waals surface area contributed by atoms with Gasteiger partial charge in [-0.2, -0.15) is 0 Å². The third-order valence-electron chi connectivity index (χ3n) is 2.72. The van der Waals surface area contributed by atoms with Crippen molar-refractivity contribution in [3.05, 3.63) is 36.0 Å². The SMILES string of the molecule is O=S(=O)(Nc1nnc(C2CC2)o1)c1ccccc1F. The Morgan fingerprint density at radius 2 is 2.00 bits per heavy atom. The summed E-state index contributed by atoms with van der Waals surface area (Å²) in [6, 6.07) is 4.83. The van der Waals surface area contributed by atoms with Crippen LogP contribution in [0, 0.1) is 5.82 Å². The van der Waals surface area contributed by atoms with Crippen LogP contribution in [0.25, 0.3) is 0 Å². The topological polar surface area (TPSA) is 85.1 Å². The number of hydrogen-bond acceptors (Lipinski definition) is 5. The summed E-state index contributed by atoms with van der Waals surface area (Å²) in [5.74, 6) is -0.206. The van der Waals surface area contributed by atoms with Crippen molar-refractivity contribution in [2.75, 3.05) is 4.72 Å². The van der Waals surface area contributed by atoms with Gasteiger partial charge in [-0.25, -0.2) is 17.5 Å². The van der Waals surface area contributed by atoms with E-state index in [4.69, 9.17) is 4.42 Å². The Kier molecular flexibility index (Phi) is 2.74. The molecule has 0 amide bonds. The smallest absolute Gasteiger partial charge is 0.329 e. The zero-order chi connectivity index (χ0) is 13.5. The number of nitrogens with zero attached hydrogens (tertiary/aromatic N) is 2. The normalized spacial score (nSPS) is 15.4. The van der Waals surface area contributed by atoms with Crippen molar-refractivity contribution in [1.29, 1.82) is 0 Å². The average molecular weight is 283 g/mol. The minimum Gasteiger partial charge on any atom is -0.407 e. The number of nitrogens with one attached hydrogen (secondary N) is 1. The van der Waals surface area contributed by atoms with Crippen molar-refractivity contribution < 1.29 is 17.2 Å². The highest BCUT2D eigenvalue weighted by molar-refractivity contribution is 7.92. The van der Waals surface area contributed by atoms with Gasteiger partial charge in [0.2, 0.25) is 5.89 Å². The van der Waals surface area contributed by atoms with E-state index in [0.29, 0.717) is 5.89 Å². The predicted molar refractivity (Wildman–Crippen MR) is 63.5 cm³/mol. The van der Waals surface area contributed by atoms with Crippen LogP contribution >= 0.6 is 0 Å². The van der Waals surface area contributed by atoms with Crippen LogP contribution in [0.1, 0.15) is 24.7 Å². The molecule has 1 fully saturated rings. The van der Waals surface area contributed by atoms with Crippen LogP contribution in [0.4, 0.5) is 10.4 Å². The Labute approximate surface area is 108 Å². The van der Waals surface area contributed by atoms with Crippen LogP contribution in [0.2, 0.25) is 0 Å². The zero-order valence-corrected chi connectivity index (χ0v) is 10.5. The lowest BCUT2D eigenvalue weighted by Crippen LogP contribution is -2.14. The van der Waals surface area contributed by atoms with E-state index in [1.807, 2.05) is 0 Å². The van der Waals surface area contributed by atoms with Crippen LogP contribution < -0.4 is 4.72 Å². The summed E-state index contributed by atoms with van der Waals surface area (Å²) in [6.45, 7) is 0. The van der Waals surface area contributed by atoms with Crippen molar-refractivity contribution in [2.45, 2.75) is 23.7 Å². The largest absolute Gasteiger partial charge is 0.407 e. The maximum atomic E-state index is 13.4. The van der Waals surface area contributed by atoms with Gasteiger partial charge in [-0.3, -0.25) is 0 Å². The second-order valence-corrected chi connectivity index (χ2v) is 5.91. The fraction of sp³-hybridized carbons (Fsp3) is 0.273. The Balaban J connectivity index is 1.86. The molecule has 1 N–H and O–H groups in total. The quantitative estimate of drug-likeness (QED) is 0.926. The number of benzene rings is 1. The molecule has 19 heavy (non-hydrogen) atoms. The number of sulfonamides is 1. The molecule has 0 aliphatic heterocycles. The second kappa shape index (κ2) is 4.30. The van der Waals surface area contributed by atoms with Gasteiger partial charge in [-0.1, -0.05) is 17.2 Å². The van der Waals surface area contributed by atoms with Crippen LogP contribution in [0.5, 0.6) is 0 Å². The fourth-order valence-corrected chi connectivity index (χ4v) is 2.61. The molecule has 0 saturated heterocycles. The van der Waals surface area contributed by atoms with E-state index in [0.717, 1.165) is 25.0 Å². The minimum absolute atomic E-state index is 0.221. The molecule has 100 valence electrons. The Morgan fingerprint density at radius 3 is 2.68 bits per heavy atom. The molecule has 2 aromatic rings. The third kappa shape index (κ3) is 2.43. The highest BCUT2D eigenvalue weighted by atomic mass is 32.2. The van der Waals surface area contributed by atoms with Gasteiger partial charge in [-0.15, -0.1) is 5.10 Å². The minimum atomic E-state index is -4.06. The highest BCUT2D eigenvalue weighted by Gasteiger charge is 2.30. The molecule has 8 heteroatoms. The van der Waals surface area contributed by atoms with Crippen LogP contribution in [0.15, 0.2) is 33.6 Å². The summed E-state index contributed by atoms with van der Waals surface area (Å²) in [5.41, 5.74) is 0. The van der Waals surface area contributed by atoms with Gasteiger partial charge >= 0.3 is 6.01 Å². The Hall–Kier alpha value is -1.96. The summed E-state index contributed by atoms with van der Waals surface area (Å²) >= 11 is 0. The molecule has 1 heterocycles. The lowest BCUT2D eigenvalue weighted by molar-refractivity contribution is 0.510. The predicted octanol–water partition coefficient (Wildman–Crippen LogP) is 1.89. The molecule has 1 aromatic carbocycles. The van der Waals surface area contributed by atoms with E-state index in [1.54, 1.807) is 0 Å². The maximum absolute atomic E-state index is 13.4. The lowest BCUT2D eigenvalue weighted by atomic mass is 10.4. The second-order valence-electron chi connectivity index (χ2n) is 4.26. The average Bonchev–Trinajstić information content (AvgIpc) is 3.11.